The third-order valence-corrected chi connectivity index (χ3v) is 6.70. The van der Waals surface area contributed by atoms with Gasteiger partial charge in [-0.2, -0.15) is 0 Å². The molecule has 5 rings (SSSR count). The van der Waals surface area contributed by atoms with Gasteiger partial charge in [-0.15, -0.1) is 0 Å². The highest BCUT2D eigenvalue weighted by molar-refractivity contribution is 6.30. The summed E-state index contributed by atoms with van der Waals surface area (Å²) in [6, 6.07) is 27.7. The van der Waals surface area contributed by atoms with Crippen molar-refractivity contribution < 1.29 is 4.79 Å². The summed E-state index contributed by atoms with van der Waals surface area (Å²) in [6.45, 7) is 4.47. The number of benzene rings is 4. The summed E-state index contributed by atoms with van der Waals surface area (Å²) < 4.78 is 1.65. The topological polar surface area (TPSA) is 55.2 Å². The first-order valence-electron chi connectivity index (χ1n) is 12.1. The van der Waals surface area contributed by atoms with Gasteiger partial charge in [-0.3, -0.25) is 14.2 Å². The van der Waals surface area contributed by atoms with E-state index < -0.39 is 6.04 Å². The number of aromatic nitrogens is 2. The van der Waals surface area contributed by atoms with E-state index >= 15 is 0 Å². The van der Waals surface area contributed by atoms with Crippen LogP contribution >= 0.6 is 11.6 Å². The van der Waals surface area contributed by atoms with Crippen LogP contribution in [0.2, 0.25) is 5.02 Å². The van der Waals surface area contributed by atoms with Crippen molar-refractivity contribution in [3.63, 3.8) is 0 Å². The van der Waals surface area contributed by atoms with Crippen LogP contribution in [0.5, 0.6) is 0 Å². The minimum Gasteiger partial charge on any atom is -0.329 e. The summed E-state index contributed by atoms with van der Waals surface area (Å²) in [7, 11) is 0. The van der Waals surface area contributed by atoms with E-state index in [2.05, 4.69) is 0 Å². The smallest absolute Gasteiger partial charge is 0.266 e. The van der Waals surface area contributed by atoms with Gasteiger partial charge in [-0.05, 0) is 72.6 Å². The number of nitrogens with zero attached hydrogens (tertiary/aromatic N) is 3. The van der Waals surface area contributed by atoms with Crippen LogP contribution in [0, 0.1) is 0 Å². The fourth-order valence-electron chi connectivity index (χ4n) is 4.61. The molecule has 0 radical (unpaired) electrons. The molecule has 0 N–H and O–H groups in total. The summed E-state index contributed by atoms with van der Waals surface area (Å²) in [5.41, 5.74) is 1.71. The number of para-hydroxylation sites is 1. The molecule has 6 heteroatoms. The minimum atomic E-state index is -0.461. The molecule has 180 valence electrons. The van der Waals surface area contributed by atoms with Crippen molar-refractivity contribution in [1.29, 1.82) is 0 Å². The Hall–Kier alpha value is -3.96. The molecule has 5 nitrogen and oxygen atoms in total. The fraction of sp³-hybridized carbons (Fsp3) is 0.167. The van der Waals surface area contributed by atoms with Crippen molar-refractivity contribution in [2.24, 2.45) is 0 Å². The van der Waals surface area contributed by atoms with Crippen LogP contribution in [0.4, 0.5) is 0 Å². The van der Waals surface area contributed by atoms with E-state index in [1.54, 1.807) is 39.8 Å². The summed E-state index contributed by atoms with van der Waals surface area (Å²) in [4.78, 5) is 34.2. The molecule has 4 aromatic carbocycles. The van der Waals surface area contributed by atoms with Gasteiger partial charge in [0.15, 0.2) is 0 Å². The van der Waals surface area contributed by atoms with Crippen molar-refractivity contribution in [2.45, 2.75) is 26.3 Å². The lowest BCUT2D eigenvalue weighted by Gasteiger charge is -2.30. The second-order valence-electron chi connectivity index (χ2n) is 8.84. The molecule has 0 fully saturated rings. The van der Waals surface area contributed by atoms with Crippen LogP contribution in [0.25, 0.3) is 27.4 Å². The molecule has 0 aliphatic carbocycles. The molecular weight excluding hydrogens is 470 g/mol. The first-order chi connectivity index (χ1) is 17.5. The Labute approximate surface area is 214 Å². The molecule has 1 amide bonds. The monoisotopic (exact) mass is 495 g/mol. The SMILES string of the molecule is CCCN(C(=O)c1ccc(Cl)cc1)C(C)c1nc2ccccc2c(=O)n1-c1ccc2ccccc2c1. The van der Waals surface area contributed by atoms with Gasteiger partial charge in [0.2, 0.25) is 0 Å². The van der Waals surface area contributed by atoms with E-state index in [1.807, 2.05) is 74.5 Å². The maximum absolute atomic E-state index is 13.9. The minimum absolute atomic E-state index is 0.131. The number of rotatable bonds is 6. The predicted molar refractivity (Wildman–Crippen MR) is 146 cm³/mol. The molecule has 0 saturated carbocycles. The van der Waals surface area contributed by atoms with E-state index in [0.717, 1.165) is 17.2 Å². The summed E-state index contributed by atoms with van der Waals surface area (Å²) >= 11 is 6.05. The Morgan fingerprint density at radius 3 is 2.39 bits per heavy atom. The van der Waals surface area contributed by atoms with E-state index in [4.69, 9.17) is 16.6 Å². The maximum atomic E-state index is 13.9. The molecule has 1 heterocycles. The van der Waals surface area contributed by atoms with Crippen LogP contribution < -0.4 is 5.56 Å². The second kappa shape index (κ2) is 9.96. The van der Waals surface area contributed by atoms with Gasteiger partial charge in [0, 0.05) is 17.1 Å². The van der Waals surface area contributed by atoms with Crippen LogP contribution in [0.1, 0.15) is 42.5 Å². The Morgan fingerprint density at radius 1 is 0.944 bits per heavy atom. The lowest BCUT2D eigenvalue weighted by molar-refractivity contribution is 0.0681. The molecule has 5 aromatic rings. The molecule has 1 aromatic heterocycles. The normalized spacial score (nSPS) is 12.1. The number of hydrogen-bond donors (Lipinski definition) is 0. The number of carbonyl (C=O) groups excluding carboxylic acids is 1. The molecule has 0 saturated heterocycles. The van der Waals surface area contributed by atoms with E-state index in [1.165, 1.54) is 0 Å². The van der Waals surface area contributed by atoms with Gasteiger partial charge in [0.05, 0.1) is 22.6 Å². The average Bonchev–Trinajstić information content (AvgIpc) is 2.91. The zero-order valence-electron chi connectivity index (χ0n) is 20.2. The summed E-state index contributed by atoms with van der Waals surface area (Å²) in [6.07, 6.45) is 0.761. The number of carbonyl (C=O) groups is 1. The molecule has 0 spiro atoms. The Morgan fingerprint density at radius 2 is 1.64 bits per heavy atom. The quantitative estimate of drug-likeness (QED) is 0.260. The Bertz CT molecular complexity index is 1630. The summed E-state index contributed by atoms with van der Waals surface area (Å²) in [5.74, 6) is 0.387. The van der Waals surface area contributed by atoms with Crippen molar-refractivity contribution >= 4 is 39.2 Å². The zero-order valence-corrected chi connectivity index (χ0v) is 20.9. The van der Waals surface area contributed by atoms with Gasteiger partial charge >= 0.3 is 0 Å². The van der Waals surface area contributed by atoms with Gasteiger partial charge in [-0.25, -0.2) is 4.98 Å². The van der Waals surface area contributed by atoms with Crippen LogP contribution in [0.3, 0.4) is 0 Å². The highest BCUT2D eigenvalue weighted by Crippen LogP contribution is 2.26. The molecule has 36 heavy (non-hydrogen) atoms. The average molecular weight is 496 g/mol. The van der Waals surface area contributed by atoms with Gasteiger partial charge in [0.25, 0.3) is 11.5 Å². The lowest BCUT2D eigenvalue weighted by Crippen LogP contribution is -2.38. The molecule has 0 aliphatic rings. The van der Waals surface area contributed by atoms with Crippen LogP contribution in [-0.2, 0) is 0 Å². The van der Waals surface area contributed by atoms with Crippen LogP contribution in [-0.4, -0.2) is 26.9 Å². The number of hydrogen-bond acceptors (Lipinski definition) is 3. The second-order valence-corrected chi connectivity index (χ2v) is 9.28. The maximum Gasteiger partial charge on any atom is 0.266 e. The van der Waals surface area contributed by atoms with E-state index in [-0.39, 0.29) is 11.5 Å². The summed E-state index contributed by atoms with van der Waals surface area (Å²) in [5, 5.41) is 3.22. The zero-order chi connectivity index (χ0) is 25.2. The third-order valence-electron chi connectivity index (χ3n) is 6.45. The Kier molecular flexibility index (Phi) is 6.57. The number of amides is 1. The van der Waals surface area contributed by atoms with Gasteiger partial charge < -0.3 is 4.90 Å². The van der Waals surface area contributed by atoms with E-state index in [0.29, 0.717) is 39.5 Å². The van der Waals surface area contributed by atoms with Crippen molar-refractivity contribution in [1.82, 2.24) is 14.5 Å². The van der Waals surface area contributed by atoms with Crippen LogP contribution in [0.15, 0.2) is 95.8 Å². The van der Waals surface area contributed by atoms with E-state index in [9.17, 15) is 9.59 Å². The molecule has 1 unspecified atom stereocenters. The third kappa shape index (κ3) is 4.38. The van der Waals surface area contributed by atoms with Crippen molar-refractivity contribution in [3.8, 4) is 5.69 Å². The Balaban J connectivity index is 1.70. The largest absolute Gasteiger partial charge is 0.329 e. The first kappa shape index (κ1) is 23.8. The van der Waals surface area contributed by atoms with Gasteiger partial charge in [-0.1, -0.05) is 61.0 Å². The molecule has 0 aliphatic heterocycles. The standard InChI is InChI=1S/C30H26ClN3O2/c1-3-18-33(29(35)22-12-15-24(31)16-13-22)20(2)28-32-27-11-7-6-10-26(27)30(36)34(28)25-17-14-21-8-4-5-9-23(21)19-25/h4-17,19-20H,3,18H2,1-2H3. The number of fused-ring (bicyclic) bond motifs is 2. The molecule has 1 atom stereocenters. The lowest BCUT2D eigenvalue weighted by atomic mass is 10.1. The number of halogens is 1. The first-order valence-corrected chi connectivity index (χ1v) is 12.4. The van der Waals surface area contributed by atoms with Gasteiger partial charge in [0.1, 0.15) is 5.82 Å². The fourth-order valence-corrected chi connectivity index (χ4v) is 4.73. The molecule has 0 bridgehead atoms. The van der Waals surface area contributed by atoms with Crippen molar-refractivity contribution in [2.75, 3.05) is 6.54 Å². The highest BCUT2D eigenvalue weighted by Gasteiger charge is 2.27. The van der Waals surface area contributed by atoms with Crippen molar-refractivity contribution in [3.05, 3.63) is 118 Å². The predicted octanol–water partition coefficient (Wildman–Crippen LogP) is 6.81. The molecular formula is C30H26ClN3O2. The highest BCUT2D eigenvalue weighted by atomic mass is 35.5.